The van der Waals surface area contributed by atoms with Gasteiger partial charge in [0.15, 0.2) is 9.34 Å². The Hall–Kier alpha value is -1.72. The first-order valence-corrected chi connectivity index (χ1v) is 8.49. The van der Waals surface area contributed by atoms with Gasteiger partial charge in [0.25, 0.3) is 15.7 Å². The minimum atomic E-state index is -3.89. The second-order valence-corrected chi connectivity index (χ2v) is 7.72. The molecule has 2 rings (SSSR count). The van der Waals surface area contributed by atoms with Crippen LogP contribution in [0.1, 0.15) is 5.69 Å². The van der Waals surface area contributed by atoms with Crippen molar-refractivity contribution in [2.75, 3.05) is 10.5 Å². The molecule has 21 heavy (non-hydrogen) atoms. The summed E-state index contributed by atoms with van der Waals surface area (Å²) in [6.07, 6.45) is 0. The molecule has 0 saturated carbocycles. The van der Waals surface area contributed by atoms with E-state index in [1.165, 1.54) is 19.1 Å². The first kappa shape index (κ1) is 15.7. The maximum Gasteiger partial charge on any atom is 0.285 e. The molecular formula is C10H9BrN4O4S2. The monoisotopic (exact) mass is 392 g/mol. The van der Waals surface area contributed by atoms with Gasteiger partial charge in [0.05, 0.1) is 20.8 Å². The van der Waals surface area contributed by atoms with Gasteiger partial charge in [0.2, 0.25) is 0 Å². The highest BCUT2D eigenvalue weighted by Gasteiger charge is 2.22. The standard InChI is InChI=1S/C10H9BrN4O4S2/c1-5-9(20-10(12)13-5)21(18,19)14-6-2-3-7(11)8(4-6)15(16)17/h2-4,14H,1H3,(H2,12,13). The lowest BCUT2D eigenvalue weighted by atomic mass is 10.3. The fourth-order valence-electron chi connectivity index (χ4n) is 1.57. The number of sulfonamides is 1. The van der Waals surface area contributed by atoms with Crippen LogP contribution >= 0.6 is 27.3 Å². The predicted octanol–water partition coefficient (Wildman–Crippen LogP) is 2.51. The van der Waals surface area contributed by atoms with E-state index in [9.17, 15) is 18.5 Å². The number of rotatable bonds is 4. The molecular weight excluding hydrogens is 384 g/mol. The van der Waals surface area contributed by atoms with Crippen LogP contribution in [-0.2, 0) is 10.0 Å². The molecule has 11 heteroatoms. The molecule has 1 aromatic heterocycles. The van der Waals surface area contributed by atoms with Gasteiger partial charge >= 0.3 is 0 Å². The van der Waals surface area contributed by atoms with Gasteiger partial charge in [0.1, 0.15) is 0 Å². The van der Waals surface area contributed by atoms with Crippen molar-refractivity contribution in [2.45, 2.75) is 11.1 Å². The molecule has 0 bridgehead atoms. The molecule has 8 nitrogen and oxygen atoms in total. The van der Waals surface area contributed by atoms with Crippen molar-refractivity contribution in [1.82, 2.24) is 4.98 Å². The number of aromatic nitrogens is 1. The third-order valence-corrected chi connectivity index (χ3v) is 6.06. The molecule has 0 fully saturated rings. The van der Waals surface area contributed by atoms with E-state index in [-0.39, 0.29) is 30.9 Å². The first-order valence-electron chi connectivity index (χ1n) is 5.40. The smallest absolute Gasteiger partial charge is 0.285 e. The highest BCUT2D eigenvalue weighted by Crippen LogP contribution is 2.31. The number of nitrogens with one attached hydrogen (secondary N) is 1. The van der Waals surface area contributed by atoms with Gasteiger partial charge in [-0.05, 0) is 35.0 Å². The van der Waals surface area contributed by atoms with Gasteiger partial charge in [-0.2, -0.15) is 0 Å². The summed E-state index contributed by atoms with van der Waals surface area (Å²) < 4.78 is 27.0. The lowest BCUT2D eigenvalue weighted by Gasteiger charge is -2.07. The zero-order chi connectivity index (χ0) is 15.8. The average molecular weight is 393 g/mol. The maximum atomic E-state index is 12.2. The molecule has 1 heterocycles. The number of benzene rings is 1. The highest BCUT2D eigenvalue weighted by molar-refractivity contribution is 9.10. The molecule has 0 radical (unpaired) electrons. The molecule has 0 aliphatic heterocycles. The van der Waals surface area contributed by atoms with Gasteiger partial charge in [-0.1, -0.05) is 11.3 Å². The van der Waals surface area contributed by atoms with Gasteiger partial charge < -0.3 is 5.73 Å². The lowest BCUT2D eigenvalue weighted by Crippen LogP contribution is -2.12. The quantitative estimate of drug-likeness (QED) is 0.607. The third-order valence-electron chi connectivity index (χ3n) is 2.41. The average Bonchev–Trinajstić information content (AvgIpc) is 2.71. The van der Waals surface area contributed by atoms with Crippen LogP contribution in [0.15, 0.2) is 26.9 Å². The predicted molar refractivity (Wildman–Crippen MR) is 82.9 cm³/mol. The molecule has 0 atom stereocenters. The van der Waals surface area contributed by atoms with Crippen molar-refractivity contribution < 1.29 is 13.3 Å². The fraction of sp³-hybridized carbons (Fsp3) is 0.100. The molecule has 3 N–H and O–H groups in total. The lowest BCUT2D eigenvalue weighted by molar-refractivity contribution is -0.385. The number of halogens is 1. The van der Waals surface area contributed by atoms with Crippen LogP contribution in [0, 0.1) is 17.0 Å². The molecule has 112 valence electrons. The summed E-state index contributed by atoms with van der Waals surface area (Å²) in [4.78, 5) is 14.1. The Bertz CT molecular complexity index is 818. The Morgan fingerprint density at radius 3 is 2.67 bits per heavy atom. The zero-order valence-electron chi connectivity index (χ0n) is 10.5. The maximum absolute atomic E-state index is 12.2. The number of nitro benzene ring substituents is 1. The number of nitro groups is 1. The van der Waals surface area contributed by atoms with E-state index >= 15 is 0 Å². The van der Waals surface area contributed by atoms with Gasteiger partial charge in [-0.15, -0.1) is 0 Å². The Morgan fingerprint density at radius 1 is 1.48 bits per heavy atom. The SMILES string of the molecule is Cc1nc(N)sc1S(=O)(=O)Nc1ccc(Br)c([N+](=O)[O-])c1. The fourth-order valence-corrected chi connectivity index (χ4v) is 4.31. The number of thiazole rings is 1. The Kier molecular flexibility index (Phi) is 4.16. The number of anilines is 2. The van der Waals surface area contributed by atoms with Crippen molar-refractivity contribution in [3.05, 3.63) is 38.5 Å². The minimum Gasteiger partial charge on any atom is -0.375 e. The van der Waals surface area contributed by atoms with Gasteiger partial charge in [0, 0.05) is 6.07 Å². The summed E-state index contributed by atoms with van der Waals surface area (Å²) >= 11 is 3.85. The van der Waals surface area contributed by atoms with Gasteiger partial charge in [-0.3, -0.25) is 14.8 Å². The summed E-state index contributed by atoms with van der Waals surface area (Å²) in [5, 5.41) is 11.0. The molecule has 0 aliphatic rings. The van der Waals surface area contributed by atoms with Crippen LogP contribution in [0.5, 0.6) is 0 Å². The number of hydrogen-bond acceptors (Lipinski definition) is 7. The van der Waals surface area contributed by atoms with E-state index in [1.807, 2.05) is 0 Å². The van der Waals surface area contributed by atoms with Crippen molar-refractivity contribution in [2.24, 2.45) is 0 Å². The Balaban J connectivity index is 2.40. The normalized spacial score (nSPS) is 11.3. The molecule has 0 saturated heterocycles. The third kappa shape index (κ3) is 3.31. The van der Waals surface area contributed by atoms with E-state index < -0.39 is 14.9 Å². The van der Waals surface area contributed by atoms with Crippen molar-refractivity contribution in [3.63, 3.8) is 0 Å². The second-order valence-electron chi connectivity index (χ2n) is 3.95. The van der Waals surface area contributed by atoms with E-state index in [1.54, 1.807) is 0 Å². The van der Waals surface area contributed by atoms with Crippen LogP contribution in [0.3, 0.4) is 0 Å². The van der Waals surface area contributed by atoms with E-state index in [0.29, 0.717) is 0 Å². The van der Waals surface area contributed by atoms with Crippen LogP contribution in [0.4, 0.5) is 16.5 Å². The number of nitrogen functional groups attached to an aromatic ring is 1. The van der Waals surface area contributed by atoms with E-state index in [4.69, 9.17) is 5.73 Å². The number of hydrogen-bond donors (Lipinski definition) is 2. The molecule has 2 aromatic rings. The van der Waals surface area contributed by atoms with Crippen LogP contribution < -0.4 is 10.5 Å². The molecule has 0 spiro atoms. The van der Waals surface area contributed by atoms with Crippen LogP contribution in [0.2, 0.25) is 0 Å². The van der Waals surface area contributed by atoms with Crippen molar-refractivity contribution >= 4 is 53.8 Å². The molecule has 0 aliphatic carbocycles. The molecule has 1 aromatic carbocycles. The summed E-state index contributed by atoms with van der Waals surface area (Å²) in [7, 11) is -3.89. The summed E-state index contributed by atoms with van der Waals surface area (Å²) in [5.41, 5.74) is 5.59. The second kappa shape index (κ2) is 5.58. The topological polar surface area (TPSA) is 128 Å². The molecule has 0 amide bonds. The van der Waals surface area contributed by atoms with E-state index in [2.05, 4.69) is 25.6 Å². The van der Waals surface area contributed by atoms with Gasteiger partial charge in [-0.25, -0.2) is 13.4 Å². The highest BCUT2D eigenvalue weighted by atomic mass is 79.9. The van der Waals surface area contributed by atoms with Crippen molar-refractivity contribution in [1.29, 1.82) is 0 Å². The number of aryl methyl sites for hydroxylation is 1. The Morgan fingerprint density at radius 2 is 2.14 bits per heavy atom. The largest absolute Gasteiger partial charge is 0.375 e. The van der Waals surface area contributed by atoms with Crippen LogP contribution in [-0.4, -0.2) is 18.3 Å². The summed E-state index contributed by atoms with van der Waals surface area (Å²) in [5.74, 6) is 0. The zero-order valence-corrected chi connectivity index (χ0v) is 13.8. The number of nitrogens with two attached hydrogens (primary N) is 1. The minimum absolute atomic E-state index is 0.0226. The molecule has 0 unspecified atom stereocenters. The van der Waals surface area contributed by atoms with Crippen molar-refractivity contribution in [3.8, 4) is 0 Å². The number of nitrogens with zero attached hydrogens (tertiary/aromatic N) is 2. The first-order chi connectivity index (χ1) is 9.70. The summed E-state index contributed by atoms with van der Waals surface area (Å²) in [6.45, 7) is 1.52. The summed E-state index contributed by atoms with van der Waals surface area (Å²) in [6, 6.07) is 3.93. The van der Waals surface area contributed by atoms with E-state index in [0.717, 1.165) is 17.4 Å². The Labute approximate surface area is 132 Å². The van der Waals surface area contributed by atoms with Crippen LogP contribution in [0.25, 0.3) is 0 Å².